The number of hydrogen-bond acceptors (Lipinski definition) is 8. The number of hydrogen-bond donors (Lipinski definition) is 2. The van der Waals surface area contributed by atoms with Crippen LogP contribution in [-0.4, -0.2) is 37.6 Å². The number of pyridine rings is 1. The van der Waals surface area contributed by atoms with Crippen molar-refractivity contribution in [2.45, 2.75) is 18.9 Å². The Hall–Kier alpha value is -3.49. The van der Waals surface area contributed by atoms with E-state index in [1.807, 2.05) is 10.6 Å². The van der Waals surface area contributed by atoms with Crippen LogP contribution in [0.15, 0.2) is 41.6 Å². The molecule has 1 fully saturated rings. The molecule has 142 valence electrons. The Balaban J connectivity index is 1.54. The van der Waals surface area contributed by atoms with E-state index in [1.54, 1.807) is 24.4 Å². The smallest absolute Gasteiger partial charge is 0.251 e. The topological polar surface area (TPSA) is 129 Å². The third kappa shape index (κ3) is 2.84. The van der Waals surface area contributed by atoms with Crippen molar-refractivity contribution in [3.8, 4) is 11.3 Å². The number of nitrogens with two attached hydrogens (primary N) is 2. The van der Waals surface area contributed by atoms with Crippen LogP contribution in [0.5, 0.6) is 0 Å². The Kier molecular flexibility index (Phi) is 3.75. The predicted octanol–water partition coefficient (Wildman–Crippen LogP) is 0.883. The van der Waals surface area contributed by atoms with E-state index in [0.29, 0.717) is 35.7 Å². The minimum Gasteiger partial charge on any atom is -0.384 e. The molecule has 9 heteroatoms. The second-order valence-corrected chi connectivity index (χ2v) is 7.43. The summed E-state index contributed by atoms with van der Waals surface area (Å²) in [6.45, 7) is 2.25. The standard InChI is InChI=1S/C19H20N8O/c20-16-1-2-22-19(25-16)26-7-11-3-13(9-26)15-4-12(5-18(28)27(15)8-11)14-6-17(21)24-10-23-14/h1-2,4-6,10-11,13H,3,7-9H2,(H2,20,22,25)(H2,21,23,24)/t11-,13+/m0/s1. The molecule has 0 spiro atoms. The molecular weight excluding hydrogens is 356 g/mol. The lowest BCUT2D eigenvalue weighted by atomic mass is 9.82. The molecule has 0 aromatic carbocycles. The first-order valence-electron chi connectivity index (χ1n) is 9.23. The molecule has 2 aliphatic rings. The summed E-state index contributed by atoms with van der Waals surface area (Å²) in [6.07, 6.45) is 4.13. The summed E-state index contributed by atoms with van der Waals surface area (Å²) in [5.74, 6) is 2.07. The number of fused-ring (bicyclic) bond motifs is 4. The van der Waals surface area contributed by atoms with Crippen molar-refractivity contribution in [3.63, 3.8) is 0 Å². The van der Waals surface area contributed by atoms with Gasteiger partial charge in [-0.3, -0.25) is 4.79 Å². The summed E-state index contributed by atoms with van der Waals surface area (Å²) in [5.41, 5.74) is 14.0. The molecular formula is C19H20N8O. The summed E-state index contributed by atoms with van der Waals surface area (Å²) in [6, 6.07) is 7.05. The van der Waals surface area contributed by atoms with Gasteiger partial charge >= 0.3 is 0 Å². The average molecular weight is 376 g/mol. The van der Waals surface area contributed by atoms with Crippen molar-refractivity contribution in [1.82, 2.24) is 24.5 Å². The zero-order valence-electron chi connectivity index (χ0n) is 15.2. The fraction of sp³-hybridized carbons (Fsp3) is 0.316. The summed E-state index contributed by atoms with van der Waals surface area (Å²) in [5, 5.41) is 0. The van der Waals surface area contributed by atoms with Gasteiger partial charge in [-0.25, -0.2) is 15.0 Å². The Labute approximate surface area is 161 Å². The molecule has 28 heavy (non-hydrogen) atoms. The fourth-order valence-corrected chi connectivity index (χ4v) is 4.31. The van der Waals surface area contributed by atoms with Gasteiger partial charge < -0.3 is 20.9 Å². The molecule has 4 N–H and O–H groups in total. The summed E-state index contributed by atoms with van der Waals surface area (Å²) >= 11 is 0. The van der Waals surface area contributed by atoms with E-state index >= 15 is 0 Å². The number of anilines is 3. The highest BCUT2D eigenvalue weighted by Gasteiger charge is 2.36. The predicted molar refractivity (Wildman–Crippen MR) is 106 cm³/mol. The van der Waals surface area contributed by atoms with Crippen LogP contribution in [-0.2, 0) is 6.54 Å². The molecule has 2 bridgehead atoms. The summed E-state index contributed by atoms with van der Waals surface area (Å²) < 4.78 is 1.89. The quantitative estimate of drug-likeness (QED) is 0.674. The lowest BCUT2D eigenvalue weighted by molar-refractivity contribution is 0.280. The van der Waals surface area contributed by atoms with E-state index in [2.05, 4.69) is 24.8 Å². The number of nitrogen functional groups attached to an aromatic ring is 2. The van der Waals surface area contributed by atoms with Crippen LogP contribution in [0.3, 0.4) is 0 Å². The first-order valence-corrected chi connectivity index (χ1v) is 9.23. The van der Waals surface area contributed by atoms with E-state index in [1.165, 1.54) is 6.33 Å². The Morgan fingerprint density at radius 1 is 1.00 bits per heavy atom. The van der Waals surface area contributed by atoms with Crippen LogP contribution >= 0.6 is 0 Å². The van der Waals surface area contributed by atoms with Crippen molar-refractivity contribution in [3.05, 3.63) is 52.8 Å². The monoisotopic (exact) mass is 376 g/mol. The van der Waals surface area contributed by atoms with Gasteiger partial charge in [0.1, 0.15) is 18.0 Å². The highest BCUT2D eigenvalue weighted by Crippen LogP contribution is 2.37. The molecule has 9 nitrogen and oxygen atoms in total. The molecule has 5 rings (SSSR count). The number of piperidine rings is 1. The molecule has 2 atom stereocenters. The van der Waals surface area contributed by atoms with Gasteiger partial charge in [-0.2, -0.15) is 4.98 Å². The Bertz CT molecular complexity index is 1110. The van der Waals surface area contributed by atoms with Crippen molar-refractivity contribution in [2.75, 3.05) is 29.5 Å². The van der Waals surface area contributed by atoms with Crippen molar-refractivity contribution >= 4 is 17.6 Å². The minimum absolute atomic E-state index is 0.00645. The van der Waals surface area contributed by atoms with E-state index in [0.717, 1.165) is 30.8 Å². The van der Waals surface area contributed by atoms with Crippen molar-refractivity contribution in [1.29, 1.82) is 0 Å². The van der Waals surface area contributed by atoms with Crippen LogP contribution in [0, 0.1) is 5.92 Å². The van der Waals surface area contributed by atoms with Gasteiger partial charge in [0.2, 0.25) is 5.95 Å². The van der Waals surface area contributed by atoms with Gasteiger partial charge in [-0.15, -0.1) is 0 Å². The maximum Gasteiger partial charge on any atom is 0.251 e. The van der Waals surface area contributed by atoms with Gasteiger partial charge in [0, 0.05) is 55.1 Å². The SMILES string of the molecule is Nc1cc(-c2cc3n(c(=O)c2)C[C@H]2C[C@@H]3CN(c3nccc(N)n3)C2)ncn1. The first-order chi connectivity index (χ1) is 13.6. The molecule has 0 amide bonds. The highest BCUT2D eigenvalue weighted by molar-refractivity contribution is 5.62. The summed E-state index contributed by atoms with van der Waals surface area (Å²) in [7, 11) is 0. The Morgan fingerprint density at radius 2 is 1.89 bits per heavy atom. The van der Waals surface area contributed by atoms with Gasteiger partial charge in [0.05, 0.1) is 5.69 Å². The number of nitrogens with zero attached hydrogens (tertiary/aromatic N) is 6. The van der Waals surface area contributed by atoms with Crippen molar-refractivity contribution < 1.29 is 0 Å². The van der Waals surface area contributed by atoms with Gasteiger partial charge in [-0.05, 0) is 24.5 Å². The van der Waals surface area contributed by atoms with E-state index in [-0.39, 0.29) is 11.5 Å². The molecule has 0 saturated carbocycles. The molecule has 5 heterocycles. The van der Waals surface area contributed by atoms with Gasteiger partial charge in [-0.1, -0.05) is 0 Å². The average Bonchev–Trinajstić information content (AvgIpc) is 2.68. The highest BCUT2D eigenvalue weighted by atomic mass is 16.1. The summed E-state index contributed by atoms with van der Waals surface area (Å²) in [4.78, 5) is 31.9. The zero-order valence-corrected chi connectivity index (χ0v) is 15.2. The molecule has 0 aliphatic carbocycles. The van der Waals surface area contributed by atoms with Gasteiger partial charge in [0.15, 0.2) is 0 Å². The number of rotatable bonds is 2. The van der Waals surface area contributed by atoms with Crippen molar-refractivity contribution in [2.24, 2.45) is 5.92 Å². The molecule has 2 aliphatic heterocycles. The largest absolute Gasteiger partial charge is 0.384 e. The van der Waals surface area contributed by atoms with E-state index < -0.39 is 0 Å². The second kappa shape index (κ2) is 6.29. The first kappa shape index (κ1) is 16.7. The maximum absolute atomic E-state index is 12.8. The molecule has 1 saturated heterocycles. The van der Waals surface area contributed by atoms with Crippen LogP contribution in [0.1, 0.15) is 18.0 Å². The number of aromatic nitrogens is 5. The third-order valence-electron chi connectivity index (χ3n) is 5.49. The van der Waals surface area contributed by atoms with Crippen LogP contribution < -0.4 is 21.9 Å². The lowest BCUT2D eigenvalue weighted by Crippen LogP contribution is -2.47. The second-order valence-electron chi connectivity index (χ2n) is 7.43. The fourth-order valence-electron chi connectivity index (χ4n) is 4.31. The zero-order chi connectivity index (χ0) is 19.3. The van der Waals surface area contributed by atoms with Crippen LogP contribution in [0.25, 0.3) is 11.3 Å². The minimum atomic E-state index is -0.00645. The van der Waals surface area contributed by atoms with Crippen LogP contribution in [0.2, 0.25) is 0 Å². The Morgan fingerprint density at radius 3 is 2.71 bits per heavy atom. The third-order valence-corrected chi connectivity index (χ3v) is 5.49. The van der Waals surface area contributed by atoms with Crippen LogP contribution in [0.4, 0.5) is 17.6 Å². The normalized spacial score (nSPS) is 20.6. The maximum atomic E-state index is 12.8. The van der Waals surface area contributed by atoms with E-state index in [9.17, 15) is 4.79 Å². The van der Waals surface area contributed by atoms with Gasteiger partial charge in [0.25, 0.3) is 5.56 Å². The lowest BCUT2D eigenvalue weighted by Gasteiger charge is -2.42. The molecule has 3 aromatic heterocycles. The molecule has 3 aromatic rings. The molecule has 0 unspecified atom stereocenters. The van der Waals surface area contributed by atoms with E-state index in [4.69, 9.17) is 11.5 Å². The molecule has 0 radical (unpaired) electrons.